The zero-order valence-corrected chi connectivity index (χ0v) is 15.7. The van der Waals surface area contributed by atoms with Gasteiger partial charge in [-0.1, -0.05) is 17.7 Å². The molecule has 0 fully saturated rings. The number of urea groups is 1. The number of aliphatic carboxylic acids is 1. The second kappa shape index (κ2) is 8.85. The quantitative estimate of drug-likeness (QED) is 0.687. The van der Waals surface area contributed by atoms with E-state index in [1.807, 2.05) is 0 Å². The minimum Gasteiger partial charge on any atom is -0.481 e. The third-order valence-electron chi connectivity index (χ3n) is 4.15. The zero-order chi connectivity index (χ0) is 20.1. The normalized spacial score (nSPS) is 17.0. The van der Waals surface area contributed by atoms with Crippen LogP contribution < -0.4 is 5.32 Å². The topological polar surface area (TPSA) is 95.9 Å². The molecule has 1 aliphatic heterocycles. The molecule has 146 valence electrons. The molecule has 0 aliphatic carbocycles. The molecule has 2 amide bonds. The highest BCUT2D eigenvalue weighted by Gasteiger charge is 2.38. The third kappa shape index (κ3) is 4.57. The van der Waals surface area contributed by atoms with Gasteiger partial charge in [-0.05, 0) is 32.4 Å². The number of carboxylic acids is 1. The van der Waals surface area contributed by atoms with Crippen molar-refractivity contribution in [2.75, 3.05) is 13.2 Å². The van der Waals surface area contributed by atoms with Crippen LogP contribution >= 0.6 is 11.6 Å². The third-order valence-corrected chi connectivity index (χ3v) is 4.48. The molecule has 1 aromatic rings. The van der Waals surface area contributed by atoms with Gasteiger partial charge >= 0.3 is 18.0 Å². The van der Waals surface area contributed by atoms with Gasteiger partial charge < -0.3 is 15.2 Å². The number of allylic oxidation sites excluding steroid dienone is 1. The van der Waals surface area contributed by atoms with Gasteiger partial charge in [-0.2, -0.15) is 0 Å². The summed E-state index contributed by atoms with van der Waals surface area (Å²) in [6.45, 7) is 3.35. The Morgan fingerprint density at radius 3 is 2.70 bits per heavy atom. The van der Waals surface area contributed by atoms with E-state index in [1.165, 1.54) is 30.0 Å². The van der Waals surface area contributed by atoms with Crippen molar-refractivity contribution < 1.29 is 28.6 Å². The molecule has 0 radical (unpaired) electrons. The van der Waals surface area contributed by atoms with Crippen molar-refractivity contribution in [2.45, 2.75) is 32.7 Å². The molecule has 1 atom stereocenters. The predicted octanol–water partition coefficient (Wildman–Crippen LogP) is 3.25. The highest BCUT2D eigenvalue weighted by molar-refractivity contribution is 6.31. The van der Waals surface area contributed by atoms with Gasteiger partial charge in [0.25, 0.3) is 0 Å². The Hall–Kier alpha value is -2.61. The first-order chi connectivity index (χ1) is 12.8. The van der Waals surface area contributed by atoms with E-state index in [0.29, 0.717) is 0 Å². The fourth-order valence-electron chi connectivity index (χ4n) is 2.92. The second-order valence-electron chi connectivity index (χ2n) is 5.89. The van der Waals surface area contributed by atoms with Gasteiger partial charge in [0.15, 0.2) is 0 Å². The van der Waals surface area contributed by atoms with Crippen molar-refractivity contribution >= 4 is 29.6 Å². The van der Waals surface area contributed by atoms with Crippen molar-refractivity contribution in [3.63, 3.8) is 0 Å². The number of hydrogen-bond donors (Lipinski definition) is 2. The van der Waals surface area contributed by atoms with E-state index in [4.69, 9.17) is 21.4 Å². The number of nitrogens with zero attached hydrogens (tertiary/aromatic N) is 1. The van der Waals surface area contributed by atoms with Gasteiger partial charge in [-0.25, -0.2) is 14.0 Å². The molecule has 0 aromatic heterocycles. The Labute approximate surface area is 160 Å². The van der Waals surface area contributed by atoms with Crippen LogP contribution in [0.25, 0.3) is 0 Å². The zero-order valence-electron chi connectivity index (χ0n) is 14.9. The molecule has 2 N–H and O–H groups in total. The molecule has 0 saturated heterocycles. The minimum atomic E-state index is -1.11. The van der Waals surface area contributed by atoms with Crippen molar-refractivity contribution in [1.29, 1.82) is 0 Å². The van der Waals surface area contributed by atoms with Crippen LogP contribution in [0.1, 0.15) is 38.3 Å². The van der Waals surface area contributed by atoms with E-state index < -0.39 is 29.8 Å². The van der Waals surface area contributed by atoms with Crippen LogP contribution in [0.3, 0.4) is 0 Å². The number of carboxylic acid groups (broad SMARTS) is 1. The lowest BCUT2D eigenvalue weighted by molar-refractivity contribution is -0.139. The summed E-state index contributed by atoms with van der Waals surface area (Å²) in [4.78, 5) is 37.0. The number of halogens is 2. The van der Waals surface area contributed by atoms with E-state index in [2.05, 4.69) is 5.32 Å². The SMILES string of the molecule is CCOC(=O)C1=C(C)N(CCCC(=O)O)C(=O)N[C@H]1c1c(F)cccc1Cl. The summed E-state index contributed by atoms with van der Waals surface area (Å²) in [6.07, 6.45) is 0.0652. The fraction of sp³-hybridized carbons (Fsp3) is 0.389. The maximum absolute atomic E-state index is 14.4. The average Bonchev–Trinajstić information content (AvgIpc) is 2.57. The summed E-state index contributed by atoms with van der Waals surface area (Å²) < 4.78 is 19.5. The van der Waals surface area contributed by atoms with Crippen LogP contribution in [0.5, 0.6) is 0 Å². The fourth-order valence-corrected chi connectivity index (χ4v) is 3.19. The Balaban J connectivity index is 2.48. The molecule has 0 saturated carbocycles. The molecular weight excluding hydrogens is 379 g/mol. The number of carbonyl (C=O) groups excluding carboxylic acids is 2. The average molecular weight is 399 g/mol. The number of esters is 1. The van der Waals surface area contributed by atoms with Crippen molar-refractivity contribution in [3.05, 3.63) is 45.9 Å². The molecule has 0 spiro atoms. The standard InChI is InChI=1S/C18H20ClFN2O5/c1-3-27-17(25)14-10(2)22(9-5-8-13(23)24)18(26)21-16(14)15-11(19)6-4-7-12(15)20/h4,6-7,16H,3,5,8-9H2,1-2H3,(H,21,26)(H,23,24)/t16-/m1/s1. The van der Waals surface area contributed by atoms with Gasteiger partial charge in [-0.3, -0.25) is 9.69 Å². The first-order valence-corrected chi connectivity index (χ1v) is 8.77. The Morgan fingerprint density at radius 1 is 1.41 bits per heavy atom. The van der Waals surface area contributed by atoms with Crippen LogP contribution in [-0.2, 0) is 14.3 Å². The van der Waals surface area contributed by atoms with E-state index >= 15 is 0 Å². The van der Waals surface area contributed by atoms with Crippen LogP contribution in [0.2, 0.25) is 5.02 Å². The molecule has 27 heavy (non-hydrogen) atoms. The van der Waals surface area contributed by atoms with E-state index in [1.54, 1.807) is 6.92 Å². The van der Waals surface area contributed by atoms with Crippen LogP contribution in [0.4, 0.5) is 9.18 Å². The number of carbonyl (C=O) groups is 3. The van der Waals surface area contributed by atoms with E-state index in [-0.39, 0.29) is 47.8 Å². The lowest BCUT2D eigenvalue weighted by atomic mass is 9.94. The van der Waals surface area contributed by atoms with Gasteiger partial charge in [0, 0.05) is 29.2 Å². The van der Waals surface area contributed by atoms with E-state index in [0.717, 1.165) is 0 Å². The first-order valence-electron chi connectivity index (χ1n) is 8.39. The molecule has 1 aliphatic rings. The summed E-state index contributed by atoms with van der Waals surface area (Å²) >= 11 is 6.12. The monoisotopic (exact) mass is 398 g/mol. The Bertz CT molecular complexity index is 776. The highest BCUT2D eigenvalue weighted by Crippen LogP contribution is 2.36. The van der Waals surface area contributed by atoms with Crippen LogP contribution in [-0.4, -0.2) is 41.1 Å². The molecule has 1 heterocycles. The minimum absolute atomic E-state index is 0.0277. The summed E-state index contributed by atoms with van der Waals surface area (Å²) in [5.41, 5.74) is 0.297. The molecule has 9 heteroatoms. The summed E-state index contributed by atoms with van der Waals surface area (Å²) in [5.74, 6) is -2.36. The molecule has 0 bridgehead atoms. The molecule has 2 rings (SSSR count). The molecule has 0 unspecified atom stereocenters. The molecule has 7 nitrogen and oxygen atoms in total. The number of benzene rings is 1. The van der Waals surface area contributed by atoms with Crippen molar-refractivity contribution in [2.24, 2.45) is 0 Å². The Morgan fingerprint density at radius 2 is 2.11 bits per heavy atom. The number of nitrogens with one attached hydrogen (secondary N) is 1. The van der Waals surface area contributed by atoms with Gasteiger partial charge in [0.05, 0.1) is 18.2 Å². The smallest absolute Gasteiger partial charge is 0.338 e. The number of ether oxygens (including phenoxy) is 1. The van der Waals surface area contributed by atoms with Crippen molar-refractivity contribution in [1.82, 2.24) is 10.2 Å². The lowest BCUT2D eigenvalue weighted by Gasteiger charge is -2.35. The summed E-state index contributed by atoms with van der Waals surface area (Å²) in [7, 11) is 0. The number of hydrogen-bond acceptors (Lipinski definition) is 4. The van der Waals surface area contributed by atoms with Gasteiger partial charge in [0.2, 0.25) is 0 Å². The van der Waals surface area contributed by atoms with Crippen molar-refractivity contribution in [3.8, 4) is 0 Å². The maximum Gasteiger partial charge on any atom is 0.338 e. The summed E-state index contributed by atoms with van der Waals surface area (Å²) in [5, 5.41) is 11.4. The molecule has 1 aromatic carbocycles. The number of amides is 2. The largest absolute Gasteiger partial charge is 0.481 e. The van der Waals surface area contributed by atoms with Crippen LogP contribution in [0.15, 0.2) is 29.5 Å². The van der Waals surface area contributed by atoms with E-state index in [9.17, 15) is 18.8 Å². The predicted molar refractivity (Wildman–Crippen MR) is 95.6 cm³/mol. The first kappa shape index (κ1) is 20.7. The number of rotatable bonds is 7. The van der Waals surface area contributed by atoms with Gasteiger partial charge in [-0.15, -0.1) is 0 Å². The highest BCUT2D eigenvalue weighted by atomic mass is 35.5. The lowest BCUT2D eigenvalue weighted by Crippen LogP contribution is -2.48. The maximum atomic E-state index is 14.4. The van der Waals surface area contributed by atoms with Gasteiger partial charge in [0.1, 0.15) is 5.82 Å². The van der Waals surface area contributed by atoms with Crippen LogP contribution in [0, 0.1) is 5.82 Å². The summed E-state index contributed by atoms with van der Waals surface area (Å²) in [6, 6.07) is 2.38. The Kier molecular flexibility index (Phi) is 6.79. The molecular formula is C18H20ClFN2O5. The second-order valence-corrected chi connectivity index (χ2v) is 6.29.